The molecule has 1 heterocycles. The van der Waals surface area contributed by atoms with Crippen molar-refractivity contribution < 1.29 is 5.11 Å². The van der Waals surface area contributed by atoms with Gasteiger partial charge in [0.15, 0.2) is 0 Å². The van der Waals surface area contributed by atoms with Crippen molar-refractivity contribution in [2.24, 2.45) is 5.92 Å². The van der Waals surface area contributed by atoms with Crippen molar-refractivity contribution in [2.45, 2.75) is 58.6 Å². The van der Waals surface area contributed by atoms with Crippen LogP contribution in [-0.4, -0.2) is 47.8 Å². The molecule has 3 heteroatoms. The molecule has 0 aromatic heterocycles. The number of rotatable bonds is 5. The van der Waals surface area contributed by atoms with Crippen LogP contribution >= 0.6 is 0 Å². The van der Waals surface area contributed by atoms with Gasteiger partial charge in [-0.05, 0) is 52.6 Å². The van der Waals surface area contributed by atoms with Crippen LogP contribution in [0.3, 0.4) is 0 Å². The molecule has 17 heavy (non-hydrogen) atoms. The molecule has 1 unspecified atom stereocenters. The summed E-state index contributed by atoms with van der Waals surface area (Å²) in [6.07, 6.45) is 3.67. The Bertz CT molecular complexity index is 205. The lowest BCUT2D eigenvalue weighted by Gasteiger charge is -2.33. The molecule has 0 radical (unpaired) electrons. The SMILES string of the molecule is CCC1CCN(CC(O)CNC(C)(C)C)CC1. The first-order valence-electron chi connectivity index (χ1n) is 7.06. The first-order chi connectivity index (χ1) is 7.90. The minimum Gasteiger partial charge on any atom is -0.390 e. The molecular weight excluding hydrogens is 212 g/mol. The Hall–Kier alpha value is -0.120. The van der Waals surface area contributed by atoms with Crippen LogP contribution in [0, 0.1) is 5.92 Å². The van der Waals surface area contributed by atoms with Gasteiger partial charge in [-0.15, -0.1) is 0 Å². The van der Waals surface area contributed by atoms with E-state index in [1.54, 1.807) is 0 Å². The Balaban J connectivity index is 2.17. The fourth-order valence-corrected chi connectivity index (χ4v) is 2.36. The van der Waals surface area contributed by atoms with Gasteiger partial charge in [-0.1, -0.05) is 13.3 Å². The number of nitrogens with one attached hydrogen (secondary N) is 1. The molecule has 1 saturated heterocycles. The van der Waals surface area contributed by atoms with Crippen LogP contribution in [0.4, 0.5) is 0 Å². The van der Waals surface area contributed by atoms with Crippen LogP contribution in [0.5, 0.6) is 0 Å². The van der Waals surface area contributed by atoms with E-state index in [1.807, 2.05) is 0 Å². The maximum Gasteiger partial charge on any atom is 0.0791 e. The Morgan fingerprint density at radius 1 is 1.29 bits per heavy atom. The van der Waals surface area contributed by atoms with Crippen LogP contribution in [0.15, 0.2) is 0 Å². The molecule has 1 fully saturated rings. The fraction of sp³-hybridized carbons (Fsp3) is 1.00. The largest absolute Gasteiger partial charge is 0.390 e. The average Bonchev–Trinajstić information content (AvgIpc) is 2.27. The summed E-state index contributed by atoms with van der Waals surface area (Å²) in [5.41, 5.74) is 0.0934. The maximum atomic E-state index is 9.98. The number of β-amino-alcohol motifs (C(OH)–C–C–N with tert-alkyl or cyclic N) is 1. The van der Waals surface area contributed by atoms with Gasteiger partial charge < -0.3 is 15.3 Å². The van der Waals surface area contributed by atoms with Crippen LogP contribution < -0.4 is 5.32 Å². The molecule has 2 N–H and O–H groups in total. The van der Waals surface area contributed by atoms with E-state index in [0.29, 0.717) is 6.54 Å². The molecule has 0 amide bonds. The molecule has 0 aromatic rings. The molecule has 1 rings (SSSR count). The highest BCUT2D eigenvalue weighted by molar-refractivity contribution is 4.77. The topological polar surface area (TPSA) is 35.5 Å². The van der Waals surface area contributed by atoms with Gasteiger partial charge in [0.05, 0.1) is 6.10 Å². The van der Waals surface area contributed by atoms with Crippen LogP contribution in [0.2, 0.25) is 0 Å². The lowest BCUT2D eigenvalue weighted by molar-refractivity contribution is 0.0839. The van der Waals surface area contributed by atoms with E-state index in [0.717, 1.165) is 25.6 Å². The zero-order valence-corrected chi connectivity index (χ0v) is 12.0. The minimum absolute atomic E-state index is 0.0934. The van der Waals surface area contributed by atoms with Crippen LogP contribution in [0.1, 0.15) is 47.0 Å². The molecule has 0 aromatic carbocycles. The third-order valence-corrected chi connectivity index (χ3v) is 3.62. The van der Waals surface area contributed by atoms with Gasteiger partial charge >= 0.3 is 0 Å². The predicted molar refractivity (Wildman–Crippen MR) is 73.2 cm³/mol. The van der Waals surface area contributed by atoms with E-state index >= 15 is 0 Å². The quantitative estimate of drug-likeness (QED) is 0.772. The molecule has 3 nitrogen and oxygen atoms in total. The molecular formula is C14H30N2O. The number of likely N-dealkylation sites (tertiary alicyclic amines) is 1. The molecule has 102 valence electrons. The summed E-state index contributed by atoms with van der Waals surface area (Å²) in [6.45, 7) is 12.5. The smallest absolute Gasteiger partial charge is 0.0791 e. The highest BCUT2D eigenvalue weighted by Gasteiger charge is 2.20. The van der Waals surface area contributed by atoms with E-state index in [2.05, 4.69) is 37.9 Å². The fourth-order valence-electron chi connectivity index (χ4n) is 2.36. The highest BCUT2D eigenvalue weighted by atomic mass is 16.3. The number of aliphatic hydroxyl groups is 1. The van der Waals surface area contributed by atoms with Crippen molar-refractivity contribution in [2.75, 3.05) is 26.2 Å². The molecule has 1 aliphatic rings. The number of hydrogen-bond acceptors (Lipinski definition) is 3. The third kappa shape index (κ3) is 6.39. The lowest BCUT2D eigenvalue weighted by Crippen LogP contribution is -2.46. The first-order valence-corrected chi connectivity index (χ1v) is 7.06. The van der Waals surface area contributed by atoms with Crippen LogP contribution in [-0.2, 0) is 0 Å². The minimum atomic E-state index is -0.243. The van der Waals surface area contributed by atoms with Crippen molar-refractivity contribution in [1.29, 1.82) is 0 Å². The molecule has 0 bridgehead atoms. The number of piperidine rings is 1. The molecule has 0 aliphatic carbocycles. The van der Waals surface area contributed by atoms with Crippen molar-refractivity contribution >= 4 is 0 Å². The summed E-state index contributed by atoms with van der Waals surface area (Å²) in [7, 11) is 0. The van der Waals surface area contributed by atoms with Crippen molar-refractivity contribution in [1.82, 2.24) is 10.2 Å². The van der Waals surface area contributed by atoms with Gasteiger partial charge in [0.25, 0.3) is 0 Å². The maximum absolute atomic E-state index is 9.98. The van der Waals surface area contributed by atoms with Crippen LogP contribution in [0.25, 0.3) is 0 Å². The summed E-state index contributed by atoms with van der Waals surface area (Å²) in [6, 6.07) is 0. The summed E-state index contributed by atoms with van der Waals surface area (Å²) in [5.74, 6) is 0.913. The number of hydrogen-bond donors (Lipinski definition) is 2. The Kier molecular flexibility index (Phi) is 5.90. The molecule has 0 spiro atoms. The molecule has 1 atom stereocenters. The second kappa shape index (κ2) is 6.72. The zero-order valence-electron chi connectivity index (χ0n) is 12.0. The Labute approximate surface area is 107 Å². The van der Waals surface area contributed by atoms with Crippen molar-refractivity contribution in [3.05, 3.63) is 0 Å². The highest BCUT2D eigenvalue weighted by Crippen LogP contribution is 2.19. The molecule has 0 saturated carbocycles. The normalized spacial score (nSPS) is 21.7. The monoisotopic (exact) mass is 242 g/mol. The summed E-state index contributed by atoms with van der Waals surface area (Å²) in [4.78, 5) is 2.40. The van der Waals surface area contributed by atoms with E-state index < -0.39 is 0 Å². The van der Waals surface area contributed by atoms with E-state index in [-0.39, 0.29) is 11.6 Å². The third-order valence-electron chi connectivity index (χ3n) is 3.62. The van der Waals surface area contributed by atoms with Gasteiger partial charge in [-0.2, -0.15) is 0 Å². The standard InChI is InChI=1S/C14H30N2O/c1-5-12-6-8-16(9-7-12)11-13(17)10-15-14(2,3)4/h12-13,15,17H,5-11H2,1-4H3. The van der Waals surface area contributed by atoms with Gasteiger partial charge in [0, 0.05) is 18.6 Å². The molecule has 1 aliphatic heterocycles. The second-order valence-corrected chi connectivity index (χ2v) is 6.44. The first kappa shape index (κ1) is 14.9. The van der Waals surface area contributed by atoms with Gasteiger partial charge in [-0.25, -0.2) is 0 Å². The zero-order chi connectivity index (χ0) is 12.9. The Morgan fingerprint density at radius 3 is 2.35 bits per heavy atom. The lowest BCUT2D eigenvalue weighted by atomic mass is 9.94. The average molecular weight is 242 g/mol. The second-order valence-electron chi connectivity index (χ2n) is 6.44. The summed E-state index contributed by atoms with van der Waals surface area (Å²) in [5, 5.41) is 13.3. The van der Waals surface area contributed by atoms with E-state index in [4.69, 9.17) is 0 Å². The number of aliphatic hydroxyl groups excluding tert-OH is 1. The van der Waals surface area contributed by atoms with Gasteiger partial charge in [-0.3, -0.25) is 0 Å². The van der Waals surface area contributed by atoms with E-state index in [9.17, 15) is 5.11 Å². The van der Waals surface area contributed by atoms with Crippen molar-refractivity contribution in [3.8, 4) is 0 Å². The summed E-state index contributed by atoms with van der Waals surface area (Å²) < 4.78 is 0. The van der Waals surface area contributed by atoms with Gasteiger partial charge in [0.2, 0.25) is 0 Å². The summed E-state index contributed by atoms with van der Waals surface area (Å²) >= 11 is 0. The van der Waals surface area contributed by atoms with Crippen molar-refractivity contribution in [3.63, 3.8) is 0 Å². The number of nitrogens with zero attached hydrogens (tertiary/aromatic N) is 1. The Morgan fingerprint density at radius 2 is 1.88 bits per heavy atom. The predicted octanol–water partition coefficient (Wildman–Crippen LogP) is 1.86. The van der Waals surface area contributed by atoms with Gasteiger partial charge in [0.1, 0.15) is 0 Å². The van der Waals surface area contributed by atoms with E-state index in [1.165, 1.54) is 19.3 Å².